The number of unbranched alkanes of at least 4 members (excludes halogenated alkanes) is 2. The minimum atomic E-state index is -3.54. The van der Waals surface area contributed by atoms with E-state index >= 15 is 4.39 Å². The van der Waals surface area contributed by atoms with E-state index in [4.69, 9.17) is 9.72 Å². The molecule has 0 spiro atoms. The van der Waals surface area contributed by atoms with Gasteiger partial charge >= 0.3 is 5.97 Å². The molecule has 0 saturated carbocycles. The van der Waals surface area contributed by atoms with Gasteiger partial charge < -0.3 is 40.6 Å². The van der Waals surface area contributed by atoms with Gasteiger partial charge in [-0.15, -0.1) is 0 Å². The molecule has 0 bridgehead atoms. The van der Waals surface area contributed by atoms with Gasteiger partial charge in [0.1, 0.15) is 24.5 Å². The number of fused-ring (bicyclic) bond motifs is 5. The first-order valence-corrected chi connectivity index (χ1v) is 27.8. The summed E-state index contributed by atoms with van der Waals surface area (Å²) in [6.45, 7) is 13.5. The molecule has 2 aliphatic heterocycles. The molecule has 5 N–H and O–H groups in total. The van der Waals surface area contributed by atoms with E-state index in [-0.39, 0.29) is 67.2 Å². The van der Waals surface area contributed by atoms with Gasteiger partial charge in [0.15, 0.2) is 5.60 Å². The van der Waals surface area contributed by atoms with Crippen LogP contribution in [0.4, 0.5) is 4.39 Å². The van der Waals surface area contributed by atoms with Crippen molar-refractivity contribution >= 4 is 50.3 Å². The molecule has 19 nitrogen and oxygen atoms in total. The first-order valence-electron chi connectivity index (χ1n) is 25.9. The molecule has 2 aliphatic rings. The van der Waals surface area contributed by atoms with Crippen molar-refractivity contribution in [2.75, 3.05) is 39.0 Å². The Kier molecular flexibility index (Phi) is 19.8. The number of nitrogens with zero attached hydrogens (tertiary/aromatic N) is 5. The highest BCUT2D eigenvalue weighted by atomic mass is 32.2. The van der Waals surface area contributed by atoms with E-state index < -0.39 is 62.6 Å². The lowest BCUT2D eigenvalue weighted by Gasteiger charge is -2.31. The molecule has 6 rings (SSSR count). The van der Waals surface area contributed by atoms with Crippen LogP contribution >= 0.6 is 0 Å². The number of carbonyl (C=O) groups excluding carboxylic acids is 5. The quantitative estimate of drug-likeness (QED) is 0.0240. The van der Waals surface area contributed by atoms with Crippen molar-refractivity contribution in [1.29, 1.82) is 0 Å². The summed E-state index contributed by atoms with van der Waals surface area (Å²) in [5.74, 6) is 2.21. The van der Waals surface area contributed by atoms with Crippen LogP contribution in [0.15, 0.2) is 40.5 Å². The molecule has 404 valence electrons. The number of rotatable bonds is 25. The summed E-state index contributed by atoms with van der Waals surface area (Å²) in [5, 5.41) is 22.9. The lowest BCUT2D eigenvalue weighted by atomic mass is 9.86. The summed E-state index contributed by atoms with van der Waals surface area (Å²) in [6, 6.07) is 2.70. The van der Waals surface area contributed by atoms with Crippen LogP contribution in [0.3, 0.4) is 0 Å². The lowest BCUT2D eigenvalue weighted by Crippen LogP contribution is -2.56. The topological polar surface area (TPSA) is 261 Å². The van der Waals surface area contributed by atoms with Gasteiger partial charge in [0.2, 0.25) is 38.6 Å². The van der Waals surface area contributed by atoms with Crippen LogP contribution in [0, 0.1) is 30.5 Å². The third kappa shape index (κ3) is 14.2. The van der Waals surface area contributed by atoms with Gasteiger partial charge in [0.25, 0.3) is 5.56 Å². The van der Waals surface area contributed by atoms with E-state index in [1.54, 1.807) is 39.8 Å². The van der Waals surface area contributed by atoms with E-state index in [1.807, 2.05) is 0 Å². The van der Waals surface area contributed by atoms with Crippen LogP contribution in [-0.2, 0) is 63.7 Å². The highest BCUT2D eigenvalue weighted by Crippen LogP contribution is 2.41. The van der Waals surface area contributed by atoms with Crippen LogP contribution in [0.5, 0.6) is 0 Å². The van der Waals surface area contributed by atoms with Gasteiger partial charge in [-0.05, 0) is 114 Å². The van der Waals surface area contributed by atoms with E-state index in [1.165, 1.54) is 23.0 Å². The Bertz CT molecular complexity index is 3020. The molecular formula is C54H70FN9O10S. The van der Waals surface area contributed by atoms with Crippen molar-refractivity contribution in [3.63, 3.8) is 0 Å². The Hall–Kier alpha value is -6.63. The molecule has 3 atom stereocenters. The Morgan fingerprint density at radius 3 is 2.32 bits per heavy atom. The minimum Gasteiger partial charge on any atom is -0.458 e. The number of aryl methyl sites for hydroxylation is 2. The number of aliphatic hydroxyl groups is 1. The number of hydrogen-bond acceptors (Lipinski definition) is 14. The summed E-state index contributed by atoms with van der Waals surface area (Å²) in [6.07, 6.45) is 8.91. The second-order valence-corrected chi connectivity index (χ2v) is 21.6. The second kappa shape index (κ2) is 25.7. The molecule has 2 unspecified atom stereocenters. The number of benzene rings is 1. The Labute approximate surface area is 437 Å². The van der Waals surface area contributed by atoms with Crippen molar-refractivity contribution in [1.82, 2.24) is 45.7 Å². The van der Waals surface area contributed by atoms with Gasteiger partial charge in [-0.25, -0.2) is 32.6 Å². The van der Waals surface area contributed by atoms with Gasteiger partial charge in [-0.3, -0.25) is 24.0 Å². The summed E-state index contributed by atoms with van der Waals surface area (Å²) in [7, 11) is -3.54. The van der Waals surface area contributed by atoms with E-state index in [0.717, 1.165) is 56.3 Å². The molecule has 0 radical (unpaired) electrons. The van der Waals surface area contributed by atoms with Crippen LogP contribution in [0.25, 0.3) is 22.3 Å². The number of amides is 4. The van der Waals surface area contributed by atoms with Gasteiger partial charge in [0.05, 0.1) is 41.1 Å². The van der Waals surface area contributed by atoms with Crippen LogP contribution < -0.4 is 26.8 Å². The van der Waals surface area contributed by atoms with Crippen LogP contribution in [0.2, 0.25) is 0 Å². The van der Waals surface area contributed by atoms with E-state index in [2.05, 4.69) is 61.8 Å². The third-order valence-electron chi connectivity index (χ3n) is 13.5. The molecule has 5 heterocycles. The summed E-state index contributed by atoms with van der Waals surface area (Å²) >= 11 is 0. The highest BCUT2D eigenvalue weighted by Gasteiger charge is 2.45. The monoisotopic (exact) mass is 1060 g/mol. The summed E-state index contributed by atoms with van der Waals surface area (Å²) in [4.78, 5) is 95.5. The van der Waals surface area contributed by atoms with E-state index in [0.29, 0.717) is 71.9 Å². The number of hydrogen-bond donors (Lipinski definition) is 5. The number of carbonyl (C=O) groups is 5. The number of nitrogens with one attached hydrogen (secondary N) is 4. The van der Waals surface area contributed by atoms with Gasteiger partial charge in [-0.2, -0.15) is 0 Å². The number of halogens is 1. The zero-order chi connectivity index (χ0) is 54.6. The molecule has 0 aliphatic carbocycles. The zero-order valence-corrected chi connectivity index (χ0v) is 44.8. The van der Waals surface area contributed by atoms with Crippen molar-refractivity contribution in [2.24, 2.45) is 5.92 Å². The molecule has 4 amide bonds. The molecule has 1 aromatic carbocycles. The fraction of sp³-hybridized carbons (Fsp3) is 0.537. The third-order valence-corrected chi connectivity index (χ3v) is 14.4. The highest BCUT2D eigenvalue weighted by molar-refractivity contribution is 7.90. The van der Waals surface area contributed by atoms with Crippen molar-refractivity contribution < 1.29 is 46.6 Å². The second-order valence-electron chi connectivity index (χ2n) is 19.7. The normalized spacial score (nSPS) is 15.5. The molecule has 4 aromatic rings. The Morgan fingerprint density at radius 2 is 1.65 bits per heavy atom. The zero-order valence-electron chi connectivity index (χ0n) is 44.0. The first-order chi connectivity index (χ1) is 35.7. The molecule has 21 heteroatoms. The molecule has 0 saturated heterocycles. The maximum Gasteiger partial charge on any atom is 0.343 e. The summed E-state index contributed by atoms with van der Waals surface area (Å²) in [5.41, 5.74) is 1.46. The number of pyridine rings is 2. The van der Waals surface area contributed by atoms with Crippen molar-refractivity contribution in [3.05, 3.63) is 80.1 Å². The minimum absolute atomic E-state index is 0.0188. The largest absolute Gasteiger partial charge is 0.458 e. The number of aromatic nitrogens is 4. The fourth-order valence-electron chi connectivity index (χ4n) is 9.46. The molecule has 75 heavy (non-hydrogen) atoms. The predicted octanol–water partition coefficient (Wildman–Crippen LogP) is 4.03. The standard InChI is InChI=1S/C54H70FN9O10S/c1-8-22-63(23-9-2)24-15-14-19-42(61-50(68)47(33(4)5)62-45(65)20-13-11-12-17-35-28-58-53(59-29-35)75(7,72)73)49(67)57-30-46(66)56-21-16-18-36-37-25-34(6)41(55)27-43(37)60-48-38(36)31-64-44(48)26-40-39(51(64)69)32-74-52(70)54(40,71)10-3/h25-29,33,42,47,71H,8-11,13-16,18-24,30-32H2,1-7H3,(H,56,66)(H,57,67)(H,61,68)(H,62,65)/t42?,47?,54-/m0/s1. The number of cyclic esters (lactones) is 1. The average molecular weight is 1060 g/mol. The lowest BCUT2D eigenvalue weighted by molar-refractivity contribution is -0.172. The fourth-order valence-corrected chi connectivity index (χ4v) is 9.95. The number of sulfone groups is 1. The van der Waals surface area contributed by atoms with Crippen molar-refractivity contribution in [3.8, 4) is 23.2 Å². The molecule has 0 fully saturated rings. The van der Waals surface area contributed by atoms with Crippen molar-refractivity contribution in [2.45, 2.75) is 148 Å². The maximum atomic E-state index is 15.0. The number of ether oxygens (including phenoxy) is 1. The number of esters is 1. The first kappa shape index (κ1) is 57.6. The smallest absolute Gasteiger partial charge is 0.343 e. The summed E-state index contributed by atoms with van der Waals surface area (Å²) < 4.78 is 45.0. The molecule has 3 aromatic heterocycles. The van der Waals surface area contributed by atoms with Crippen LogP contribution in [0.1, 0.15) is 132 Å². The maximum absolute atomic E-state index is 15.0. The van der Waals surface area contributed by atoms with E-state index in [9.17, 15) is 42.3 Å². The SMILES string of the molecule is CCCN(CCC)CCCCC(NC(=O)C(NC(=O)CCCC#Cc1cnc(S(C)(=O)=O)nc1)C(C)C)C(=O)NCC(=O)NCCCc1c2c(nc3cc(F)c(C)cc13)-c1cc3c(c(=O)n1C2)COC(=O)[C@]3(O)CC. The van der Waals surface area contributed by atoms with Crippen LogP contribution in [-0.4, -0.2) is 119 Å². The Morgan fingerprint density at radius 1 is 0.933 bits per heavy atom. The van der Waals surface area contributed by atoms with Gasteiger partial charge in [0, 0.05) is 60.6 Å². The predicted molar refractivity (Wildman–Crippen MR) is 279 cm³/mol. The average Bonchev–Trinajstić information content (AvgIpc) is 3.74. The Balaban J connectivity index is 1.07. The van der Waals surface area contributed by atoms with Gasteiger partial charge in [-0.1, -0.05) is 46.5 Å². The molecular weight excluding hydrogens is 986 g/mol.